The molecule has 1 aromatic carbocycles. The summed E-state index contributed by atoms with van der Waals surface area (Å²) in [5.41, 5.74) is 4.20. The van der Waals surface area contributed by atoms with Gasteiger partial charge in [-0.05, 0) is 75.6 Å². The van der Waals surface area contributed by atoms with E-state index in [9.17, 15) is 0 Å². The first-order valence-corrected chi connectivity index (χ1v) is 11.2. The lowest BCUT2D eigenvalue weighted by Crippen LogP contribution is -2.31. The number of ether oxygens (including phenoxy) is 1. The molecule has 8 nitrogen and oxygen atoms in total. The Morgan fingerprint density at radius 3 is 2.47 bits per heavy atom. The van der Waals surface area contributed by atoms with Crippen LogP contribution in [0.3, 0.4) is 0 Å². The van der Waals surface area contributed by atoms with Crippen LogP contribution in [0.4, 0.5) is 11.6 Å². The number of hydrogen-bond donors (Lipinski definition) is 1. The van der Waals surface area contributed by atoms with Crippen molar-refractivity contribution in [3.05, 3.63) is 42.2 Å². The summed E-state index contributed by atoms with van der Waals surface area (Å²) in [5, 5.41) is 3.49. The molecule has 1 aliphatic heterocycles. The molecular formula is C24H31N5O3. The van der Waals surface area contributed by atoms with Crippen molar-refractivity contribution in [2.45, 2.75) is 45.6 Å². The molecule has 1 fully saturated rings. The fraction of sp³-hybridized carbons (Fsp3) is 0.458. The molecule has 0 aliphatic carbocycles. The molecule has 8 heteroatoms. The molecule has 0 saturated carbocycles. The molecule has 0 spiro atoms. The number of pyridine rings is 1. The van der Waals surface area contributed by atoms with Crippen molar-refractivity contribution in [2.24, 2.45) is 0 Å². The second kappa shape index (κ2) is 12.0. The Balaban J connectivity index is 0.000000913. The van der Waals surface area contributed by atoms with Crippen LogP contribution in [-0.4, -0.2) is 52.3 Å². The Morgan fingerprint density at radius 2 is 1.81 bits per heavy atom. The van der Waals surface area contributed by atoms with E-state index in [-0.39, 0.29) is 6.15 Å². The van der Waals surface area contributed by atoms with Gasteiger partial charge in [-0.1, -0.05) is 13.3 Å². The monoisotopic (exact) mass is 437 g/mol. The van der Waals surface area contributed by atoms with Gasteiger partial charge in [0.25, 0.3) is 0 Å². The number of nitrogens with one attached hydrogen (secondary N) is 1. The van der Waals surface area contributed by atoms with Crippen LogP contribution in [0, 0.1) is 0 Å². The van der Waals surface area contributed by atoms with Crippen LogP contribution in [0.1, 0.15) is 38.3 Å². The van der Waals surface area contributed by atoms with Crippen molar-refractivity contribution in [3.63, 3.8) is 0 Å². The predicted octanol–water partition coefficient (Wildman–Crippen LogP) is 4.04. The first-order valence-electron chi connectivity index (χ1n) is 11.2. The number of carbonyl (C=O) groups excluding carboxylic acids is 2. The normalized spacial score (nSPS) is 13.8. The van der Waals surface area contributed by atoms with Crippen LogP contribution in [0.2, 0.25) is 0 Å². The second-order valence-corrected chi connectivity index (χ2v) is 7.80. The predicted molar refractivity (Wildman–Crippen MR) is 123 cm³/mol. The molecule has 4 rings (SSSR count). The van der Waals surface area contributed by atoms with Crippen LogP contribution in [0.25, 0.3) is 11.0 Å². The van der Waals surface area contributed by atoms with Crippen molar-refractivity contribution in [1.29, 1.82) is 0 Å². The Bertz CT molecular complexity index is 1020. The first kappa shape index (κ1) is 23.4. The Morgan fingerprint density at radius 1 is 1.09 bits per heavy atom. The molecule has 0 atom stereocenters. The van der Waals surface area contributed by atoms with Crippen LogP contribution >= 0.6 is 0 Å². The highest BCUT2D eigenvalue weighted by molar-refractivity contribution is 5.79. The van der Waals surface area contributed by atoms with Gasteiger partial charge in [0, 0.05) is 17.9 Å². The van der Waals surface area contributed by atoms with Crippen LogP contribution in [-0.2, 0) is 22.6 Å². The quantitative estimate of drug-likeness (QED) is 0.569. The number of rotatable bonds is 8. The number of nitrogens with zero attached hydrogens (tertiary/aromatic N) is 4. The van der Waals surface area contributed by atoms with Crippen molar-refractivity contribution in [1.82, 2.24) is 19.4 Å². The van der Waals surface area contributed by atoms with Gasteiger partial charge in [-0.25, -0.2) is 4.98 Å². The Hall–Kier alpha value is -3.22. The molecule has 1 saturated heterocycles. The fourth-order valence-corrected chi connectivity index (χ4v) is 4.02. The number of imidazole rings is 1. The number of likely N-dealkylation sites (tertiary alicyclic amines) is 1. The van der Waals surface area contributed by atoms with E-state index in [2.05, 4.69) is 32.8 Å². The lowest BCUT2D eigenvalue weighted by molar-refractivity contribution is -0.191. The molecule has 32 heavy (non-hydrogen) atoms. The van der Waals surface area contributed by atoms with Gasteiger partial charge in [-0.2, -0.15) is 9.59 Å². The molecule has 0 unspecified atom stereocenters. The lowest BCUT2D eigenvalue weighted by atomic mass is 10.1. The van der Waals surface area contributed by atoms with E-state index in [1.807, 2.05) is 30.5 Å². The first-order chi connectivity index (χ1) is 15.7. The maximum absolute atomic E-state index is 8.12. The second-order valence-electron chi connectivity index (χ2n) is 7.80. The molecule has 0 radical (unpaired) electrons. The van der Waals surface area contributed by atoms with Gasteiger partial charge >= 0.3 is 6.15 Å². The highest BCUT2D eigenvalue weighted by Gasteiger charge is 2.14. The summed E-state index contributed by atoms with van der Waals surface area (Å²) in [6.45, 7) is 6.71. The summed E-state index contributed by atoms with van der Waals surface area (Å²) in [5.74, 6) is 1.72. The Labute approximate surface area is 188 Å². The van der Waals surface area contributed by atoms with E-state index in [1.54, 1.807) is 7.11 Å². The molecule has 0 amide bonds. The van der Waals surface area contributed by atoms with E-state index in [4.69, 9.17) is 19.3 Å². The van der Waals surface area contributed by atoms with Gasteiger partial charge in [0.1, 0.15) is 11.3 Å². The zero-order valence-electron chi connectivity index (χ0n) is 18.8. The number of piperidine rings is 1. The van der Waals surface area contributed by atoms with Gasteiger partial charge in [0.05, 0.1) is 18.8 Å². The highest BCUT2D eigenvalue weighted by atomic mass is 16.5. The number of aryl methyl sites for hydroxylation is 2. The number of anilines is 2. The summed E-state index contributed by atoms with van der Waals surface area (Å²) in [6.07, 6.45) is 8.25. The number of hydrogen-bond acceptors (Lipinski definition) is 7. The minimum absolute atomic E-state index is 0.250. The fourth-order valence-electron chi connectivity index (χ4n) is 4.02. The number of fused-ring (bicyclic) bond motifs is 1. The molecule has 1 aliphatic rings. The molecule has 2 aromatic heterocycles. The minimum Gasteiger partial charge on any atom is -0.497 e. The van der Waals surface area contributed by atoms with Gasteiger partial charge in [0.2, 0.25) is 5.95 Å². The topological polar surface area (TPSA) is 89.3 Å². The van der Waals surface area contributed by atoms with Crippen LogP contribution in [0.15, 0.2) is 36.5 Å². The summed E-state index contributed by atoms with van der Waals surface area (Å²) in [6, 6.07) is 10.1. The van der Waals surface area contributed by atoms with Crippen LogP contribution in [0.5, 0.6) is 5.75 Å². The molecular weight excluding hydrogens is 406 g/mol. The maximum Gasteiger partial charge on any atom is 0.373 e. The summed E-state index contributed by atoms with van der Waals surface area (Å²) in [4.78, 5) is 28.2. The third-order valence-corrected chi connectivity index (χ3v) is 5.70. The SMILES string of the molecule is CCc1cc2c(cn1)nc(Nc1ccc(OC)cc1)n2CCCN1CCCCC1.O=C=O. The van der Waals surface area contributed by atoms with Crippen molar-refractivity contribution in [3.8, 4) is 5.75 Å². The number of methoxy groups -OCH3 is 1. The molecule has 3 heterocycles. The van der Waals surface area contributed by atoms with E-state index >= 15 is 0 Å². The van der Waals surface area contributed by atoms with Crippen LogP contribution < -0.4 is 10.1 Å². The third kappa shape index (κ3) is 6.15. The largest absolute Gasteiger partial charge is 0.497 e. The summed E-state index contributed by atoms with van der Waals surface area (Å²) < 4.78 is 7.58. The van der Waals surface area contributed by atoms with Crippen molar-refractivity contribution in [2.75, 3.05) is 32.1 Å². The zero-order chi connectivity index (χ0) is 22.8. The molecule has 170 valence electrons. The van der Waals surface area contributed by atoms with E-state index in [0.29, 0.717) is 0 Å². The number of aromatic nitrogens is 3. The van der Waals surface area contributed by atoms with E-state index in [0.717, 1.165) is 60.0 Å². The minimum atomic E-state index is 0.250. The Kier molecular flexibility index (Phi) is 8.78. The molecule has 3 aromatic rings. The third-order valence-electron chi connectivity index (χ3n) is 5.70. The van der Waals surface area contributed by atoms with Crippen molar-refractivity contribution >= 4 is 28.8 Å². The summed E-state index contributed by atoms with van der Waals surface area (Å²) in [7, 11) is 1.68. The lowest BCUT2D eigenvalue weighted by Gasteiger charge is -2.26. The molecule has 1 N–H and O–H groups in total. The smallest absolute Gasteiger partial charge is 0.373 e. The molecule has 0 bridgehead atoms. The highest BCUT2D eigenvalue weighted by Crippen LogP contribution is 2.25. The van der Waals surface area contributed by atoms with Gasteiger partial charge in [0.15, 0.2) is 0 Å². The van der Waals surface area contributed by atoms with Gasteiger partial charge < -0.3 is 19.5 Å². The average Bonchev–Trinajstić information content (AvgIpc) is 3.17. The van der Waals surface area contributed by atoms with Crippen molar-refractivity contribution < 1.29 is 14.3 Å². The average molecular weight is 438 g/mol. The van der Waals surface area contributed by atoms with Gasteiger partial charge in [-0.15, -0.1) is 0 Å². The maximum atomic E-state index is 8.12. The standard InChI is InChI=1S/C23H31N5O.CO2/c1-3-18-16-22-21(17-24-18)26-23(25-19-8-10-20(29-2)11-9-19)28(22)15-7-14-27-12-5-4-6-13-27;2-1-3/h8-11,16-17H,3-7,12-15H2,1-2H3,(H,25,26);. The number of benzene rings is 1. The van der Waals surface area contributed by atoms with E-state index < -0.39 is 0 Å². The zero-order valence-corrected chi connectivity index (χ0v) is 18.8. The van der Waals surface area contributed by atoms with E-state index in [1.165, 1.54) is 32.4 Å². The summed E-state index contributed by atoms with van der Waals surface area (Å²) >= 11 is 0. The van der Waals surface area contributed by atoms with Gasteiger partial charge in [-0.3, -0.25) is 4.98 Å².